The number of benzene rings is 2. The molecule has 2 aromatic rings. The maximum atomic E-state index is 12.0. The van der Waals surface area contributed by atoms with Gasteiger partial charge in [-0.05, 0) is 24.6 Å². The minimum Gasteiger partial charge on any atom is -0.496 e. The molecule has 0 bridgehead atoms. The predicted molar refractivity (Wildman–Crippen MR) is 89.9 cm³/mol. The van der Waals surface area contributed by atoms with Crippen LogP contribution in [-0.2, 0) is 4.79 Å². The van der Waals surface area contributed by atoms with Crippen LogP contribution < -0.4 is 19.5 Å². The highest BCUT2D eigenvalue weighted by Gasteiger charge is 2.09. The van der Waals surface area contributed by atoms with Gasteiger partial charge >= 0.3 is 0 Å². The second-order valence-corrected chi connectivity index (χ2v) is 5.20. The fourth-order valence-electron chi connectivity index (χ4n) is 1.94. The van der Waals surface area contributed by atoms with Crippen molar-refractivity contribution in [1.29, 1.82) is 0 Å². The van der Waals surface area contributed by atoms with Gasteiger partial charge in [-0.3, -0.25) is 4.79 Å². The lowest BCUT2D eigenvalue weighted by Gasteiger charge is -2.12. The molecule has 0 saturated carbocycles. The molecule has 0 spiro atoms. The SMILES string of the molecule is COc1cc(OC)cc(OCC(=O)Nc2cccc(Cl)c2C)c1. The maximum Gasteiger partial charge on any atom is 0.262 e. The molecular weight excluding hydrogens is 318 g/mol. The third-order valence-electron chi connectivity index (χ3n) is 3.24. The van der Waals surface area contributed by atoms with Gasteiger partial charge in [0, 0.05) is 28.9 Å². The summed E-state index contributed by atoms with van der Waals surface area (Å²) in [7, 11) is 3.10. The van der Waals surface area contributed by atoms with Crippen molar-refractivity contribution in [3.63, 3.8) is 0 Å². The maximum absolute atomic E-state index is 12.0. The Morgan fingerprint density at radius 1 is 1.09 bits per heavy atom. The Hall–Kier alpha value is -2.40. The normalized spacial score (nSPS) is 10.1. The molecule has 0 aliphatic rings. The molecule has 122 valence electrons. The summed E-state index contributed by atoms with van der Waals surface area (Å²) in [5.74, 6) is 1.38. The van der Waals surface area contributed by atoms with E-state index in [9.17, 15) is 4.79 Å². The van der Waals surface area contributed by atoms with E-state index < -0.39 is 0 Å². The number of rotatable bonds is 6. The minimum atomic E-state index is -0.280. The third-order valence-corrected chi connectivity index (χ3v) is 3.65. The summed E-state index contributed by atoms with van der Waals surface area (Å²) in [6.45, 7) is 1.70. The first-order valence-electron chi connectivity index (χ1n) is 6.94. The van der Waals surface area contributed by atoms with Crippen molar-refractivity contribution in [3.8, 4) is 17.2 Å². The van der Waals surface area contributed by atoms with E-state index in [1.807, 2.05) is 6.92 Å². The molecule has 0 aliphatic heterocycles. The number of anilines is 1. The van der Waals surface area contributed by atoms with Gasteiger partial charge in [-0.25, -0.2) is 0 Å². The Kier molecular flexibility index (Phi) is 5.71. The lowest BCUT2D eigenvalue weighted by atomic mass is 10.2. The average Bonchev–Trinajstić information content (AvgIpc) is 2.56. The largest absolute Gasteiger partial charge is 0.496 e. The zero-order valence-electron chi connectivity index (χ0n) is 13.2. The lowest BCUT2D eigenvalue weighted by Crippen LogP contribution is -2.20. The molecule has 0 atom stereocenters. The molecule has 1 amide bonds. The zero-order chi connectivity index (χ0) is 16.8. The first-order chi connectivity index (χ1) is 11.0. The van der Waals surface area contributed by atoms with Crippen LogP contribution in [0.3, 0.4) is 0 Å². The van der Waals surface area contributed by atoms with Crippen LogP contribution in [0.2, 0.25) is 5.02 Å². The van der Waals surface area contributed by atoms with Gasteiger partial charge in [-0.15, -0.1) is 0 Å². The Morgan fingerprint density at radius 3 is 2.30 bits per heavy atom. The quantitative estimate of drug-likeness (QED) is 0.874. The van der Waals surface area contributed by atoms with E-state index in [0.717, 1.165) is 5.56 Å². The molecule has 6 heteroatoms. The lowest BCUT2D eigenvalue weighted by molar-refractivity contribution is -0.118. The van der Waals surface area contributed by atoms with Gasteiger partial charge < -0.3 is 19.5 Å². The summed E-state index contributed by atoms with van der Waals surface area (Å²) in [4.78, 5) is 12.0. The van der Waals surface area contributed by atoms with Crippen molar-refractivity contribution in [2.45, 2.75) is 6.92 Å². The van der Waals surface area contributed by atoms with Crippen molar-refractivity contribution < 1.29 is 19.0 Å². The first-order valence-corrected chi connectivity index (χ1v) is 7.32. The second-order valence-electron chi connectivity index (χ2n) is 4.80. The molecule has 2 rings (SSSR count). The van der Waals surface area contributed by atoms with Crippen LogP contribution >= 0.6 is 11.6 Å². The molecule has 0 unspecified atom stereocenters. The van der Waals surface area contributed by atoms with Crippen molar-refractivity contribution in [1.82, 2.24) is 0 Å². The van der Waals surface area contributed by atoms with E-state index in [1.54, 1.807) is 50.6 Å². The zero-order valence-corrected chi connectivity index (χ0v) is 13.9. The molecule has 0 heterocycles. The van der Waals surface area contributed by atoms with E-state index in [1.165, 1.54) is 0 Å². The highest BCUT2D eigenvalue weighted by Crippen LogP contribution is 2.27. The van der Waals surface area contributed by atoms with Gasteiger partial charge in [0.1, 0.15) is 17.2 Å². The monoisotopic (exact) mass is 335 g/mol. The van der Waals surface area contributed by atoms with Crippen molar-refractivity contribution in [2.24, 2.45) is 0 Å². The van der Waals surface area contributed by atoms with Crippen LogP contribution in [0.4, 0.5) is 5.69 Å². The predicted octanol–water partition coefficient (Wildman–Crippen LogP) is 3.68. The number of nitrogens with one attached hydrogen (secondary N) is 1. The second kappa shape index (κ2) is 7.74. The summed E-state index contributed by atoms with van der Waals surface area (Å²) in [5.41, 5.74) is 1.47. The third kappa shape index (κ3) is 4.53. The summed E-state index contributed by atoms with van der Waals surface area (Å²) >= 11 is 6.03. The van der Waals surface area contributed by atoms with Gasteiger partial charge in [-0.2, -0.15) is 0 Å². The number of methoxy groups -OCH3 is 2. The van der Waals surface area contributed by atoms with Crippen LogP contribution in [-0.4, -0.2) is 26.7 Å². The van der Waals surface area contributed by atoms with Crippen LogP contribution in [0, 0.1) is 6.92 Å². The van der Waals surface area contributed by atoms with Crippen molar-refractivity contribution in [3.05, 3.63) is 47.0 Å². The van der Waals surface area contributed by atoms with E-state index in [-0.39, 0.29) is 12.5 Å². The Balaban J connectivity index is 2.00. The van der Waals surface area contributed by atoms with Gasteiger partial charge in [-0.1, -0.05) is 17.7 Å². The summed E-state index contributed by atoms with van der Waals surface area (Å²) in [5, 5.41) is 3.37. The fourth-order valence-corrected chi connectivity index (χ4v) is 2.12. The number of hydrogen-bond acceptors (Lipinski definition) is 4. The average molecular weight is 336 g/mol. The topological polar surface area (TPSA) is 56.8 Å². The highest BCUT2D eigenvalue weighted by atomic mass is 35.5. The van der Waals surface area contributed by atoms with Gasteiger partial charge in [0.05, 0.1) is 14.2 Å². The van der Waals surface area contributed by atoms with Crippen LogP contribution in [0.15, 0.2) is 36.4 Å². The Labute approximate surface area is 140 Å². The number of ether oxygens (including phenoxy) is 3. The number of carbonyl (C=O) groups excluding carboxylic acids is 1. The summed E-state index contributed by atoms with van der Waals surface area (Å²) in [6.07, 6.45) is 0. The molecule has 0 aliphatic carbocycles. The first kappa shape index (κ1) is 17.0. The molecule has 0 radical (unpaired) electrons. The van der Waals surface area contributed by atoms with Crippen molar-refractivity contribution >= 4 is 23.2 Å². The van der Waals surface area contributed by atoms with E-state index in [4.69, 9.17) is 25.8 Å². The Morgan fingerprint density at radius 2 is 1.70 bits per heavy atom. The Bertz CT molecular complexity index is 681. The molecule has 0 saturated heterocycles. The van der Waals surface area contributed by atoms with Crippen LogP contribution in [0.25, 0.3) is 0 Å². The molecule has 5 nitrogen and oxygen atoms in total. The van der Waals surface area contributed by atoms with Crippen molar-refractivity contribution in [2.75, 3.05) is 26.1 Å². The number of carbonyl (C=O) groups is 1. The van der Waals surface area contributed by atoms with Gasteiger partial charge in [0.2, 0.25) is 0 Å². The summed E-state index contributed by atoms with van der Waals surface area (Å²) in [6, 6.07) is 10.4. The molecule has 0 aromatic heterocycles. The number of hydrogen-bond donors (Lipinski definition) is 1. The fraction of sp³-hybridized carbons (Fsp3) is 0.235. The number of halogens is 1. The number of amides is 1. The van der Waals surface area contributed by atoms with E-state index >= 15 is 0 Å². The smallest absolute Gasteiger partial charge is 0.262 e. The standard InChI is InChI=1S/C17H18ClNO4/c1-11-15(18)5-4-6-16(11)19-17(20)10-23-14-8-12(21-2)7-13(9-14)22-3/h4-9H,10H2,1-3H3,(H,19,20). The summed E-state index contributed by atoms with van der Waals surface area (Å²) < 4.78 is 15.8. The molecule has 23 heavy (non-hydrogen) atoms. The van der Waals surface area contributed by atoms with E-state index in [0.29, 0.717) is 28.0 Å². The molecule has 2 aromatic carbocycles. The van der Waals surface area contributed by atoms with Gasteiger partial charge in [0.25, 0.3) is 5.91 Å². The molecule has 0 fully saturated rings. The molecular formula is C17H18ClNO4. The molecule has 1 N–H and O–H groups in total. The van der Waals surface area contributed by atoms with Crippen LogP contribution in [0.1, 0.15) is 5.56 Å². The van der Waals surface area contributed by atoms with Gasteiger partial charge in [0.15, 0.2) is 6.61 Å². The van der Waals surface area contributed by atoms with Crippen LogP contribution in [0.5, 0.6) is 17.2 Å². The highest BCUT2D eigenvalue weighted by molar-refractivity contribution is 6.31. The minimum absolute atomic E-state index is 0.137. The van der Waals surface area contributed by atoms with E-state index in [2.05, 4.69) is 5.32 Å².